The molecule has 112 valence electrons. The normalized spacial score (nSPS) is 17.3. The number of hydrogen-bond donors (Lipinski definition) is 0. The van der Waals surface area contributed by atoms with E-state index in [9.17, 15) is 27.2 Å². The minimum atomic E-state index is -2.06. The smallest absolute Gasteiger partial charge is 0.348 e. The summed E-state index contributed by atoms with van der Waals surface area (Å²) in [6, 6.07) is 0.307. The van der Waals surface area contributed by atoms with Crippen molar-refractivity contribution in [3.8, 4) is 0 Å². The molecule has 1 aliphatic rings. The average Bonchev–Trinajstić information content (AvgIpc) is 2.36. The molecule has 0 radical (unpaired) electrons. The summed E-state index contributed by atoms with van der Waals surface area (Å²) in [5.74, 6) is -11.3. The van der Waals surface area contributed by atoms with Gasteiger partial charge in [0.25, 0.3) is 5.79 Å². The van der Waals surface area contributed by atoms with Crippen molar-refractivity contribution in [2.45, 2.75) is 19.6 Å². The van der Waals surface area contributed by atoms with Gasteiger partial charge in [-0.2, -0.15) is 0 Å². The minimum absolute atomic E-state index is 0.307. The monoisotopic (exact) mass is 304 g/mol. The second-order valence-corrected chi connectivity index (χ2v) is 4.63. The molecule has 0 amide bonds. The number of benzene rings is 1. The Hall–Kier alpha value is -2.38. The summed E-state index contributed by atoms with van der Waals surface area (Å²) < 4.78 is 61.8. The van der Waals surface area contributed by atoms with Crippen molar-refractivity contribution in [1.82, 2.24) is 0 Å². The first-order chi connectivity index (χ1) is 9.62. The third-order valence-electron chi connectivity index (χ3n) is 2.55. The van der Waals surface area contributed by atoms with E-state index in [1.807, 2.05) is 0 Å². The molecule has 0 N–H and O–H groups in total. The number of hydrogen-bond acceptors (Lipinski definition) is 4. The number of rotatable bonds is 1. The van der Waals surface area contributed by atoms with Crippen LogP contribution in [-0.2, 0) is 19.1 Å². The highest BCUT2D eigenvalue weighted by Gasteiger charge is 2.39. The lowest BCUT2D eigenvalue weighted by Gasteiger charge is -2.29. The van der Waals surface area contributed by atoms with Gasteiger partial charge in [0.2, 0.25) is 0 Å². The second kappa shape index (κ2) is 4.87. The van der Waals surface area contributed by atoms with Gasteiger partial charge in [0.15, 0.2) is 23.3 Å². The van der Waals surface area contributed by atoms with Crippen LogP contribution >= 0.6 is 0 Å². The van der Waals surface area contributed by atoms with Crippen molar-refractivity contribution in [1.29, 1.82) is 0 Å². The summed E-state index contributed by atoms with van der Waals surface area (Å²) >= 11 is 0. The van der Waals surface area contributed by atoms with Gasteiger partial charge in [0.1, 0.15) is 5.57 Å². The van der Waals surface area contributed by atoms with Crippen LogP contribution in [0.25, 0.3) is 6.08 Å². The number of carbonyl (C=O) groups excluding carboxylic acids is 2. The third kappa shape index (κ3) is 2.74. The fraction of sp³-hybridized carbons (Fsp3) is 0.231. The lowest BCUT2D eigenvalue weighted by molar-refractivity contribution is -0.222. The van der Waals surface area contributed by atoms with Gasteiger partial charge in [-0.1, -0.05) is 0 Å². The number of carbonyl (C=O) groups is 2. The summed E-state index contributed by atoms with van der Waals surface area (Å²) in [4.78, 5) is 23.2. The van der Waals surface area contributed by atoms with Crippen LogP contribution in [0.1, 0.15) is 19.4 Å². The fourth-order valence-corrected chi connectivity index (χ4v) is 1.63. The SMILES string of the molecule is CC1(C)OC(=O)C(=Cc2cc(F)c(F)c(F)c2F)C(=O)O1. The zero-order valence-electron chi connectivity index (χ0n) is 10.8. The molecule has 1 aliphatic heterocycles. The van der Waals surface area contributed by atoms with E-state index in [0.717, 1.165) is 0 Å². The molecule has 0 spiro atoms. The lowest BCUT2D eigenvalue weighted by Crippen LogP contribution is -2.41. The number of esters is 2. The predicted molar refractivity (Wildman–Crippen MR) is 60.5 cm³/mol. The molecule has 21 heavy (non-hydrogen) atoms. The molecule has 1 aromatic carbocycles. The first-order valence-corrected chi connectivity index (χ1v) is 5.64. The van der Waals surface area contributed by atoms with Gasteiger partial charge in [-0.3, -0.25) is 0 Å². The molecule has 1 aromatic rings. The van der Waals surface area contributed by atoms with Crippen LogP contribution in [-0.4, -0.2) is 17.7 Å². The summed E-state index contributed by atoms with van der Waals surface area (Å²) in [7, 11) is 0. The first-order valence-electron chi connectivity index (χ1n) is 5.64. The topological polar surface area (TPSA) is 52.6 Å². The van der Waals surface area contributed by atoms with E-state index in [-0.39, 0.29) is 0 Å². The zero-order valence-corrected chi connectivity index (χ0v) is 10.8. The van der Waals surface area contributed by atoms with Gasteiger partial charge < -0.3 is 9.47 Å². The standard InChI is InChI=1S/C13H8F4O4/c1-13(2)20-11(18)6(12(19)21-13)3-5-4-7(14)9(16)10(17)8(5)15/h3-4H,1-2H3. The van der Waals surface area contributed by atoms with Crippen molar-refractivity contribution in [2.75, 3.05) is 0 Å². The Morgan fingerprint density at radius 2 is 1.48 bits per heavy atom. The van der Waals surface area contributed by atoms with Gasteiger partial charge in [-0.05, 0) is 12.1 Å². The molecule has 0 aromatic heterocycles. The van der Waals surface area contributed by atoms with Crippen LogP contribution in [0, 0.1) is 23.3 Å². The Morgan fingerprint density at radius 1 is 0.952 bits per heavy atom. The quantitative estimate of drug-likeness (QED) is 0.200. The maximum atomic E-state index is 13.5. The van der Waals surface area contributed by atoms with Crippen LogP contribution in [0.3, 0.4) is 0 Å². The van der Waals surface area contributed by atoms with Crippen molar-refractivity contribution in [2.24, 2.45) is 0 Å². The Labute approximate surface area is 116 Å². The van der Waals surface area contributed by atoms with E-state index >= 15 is 0 Å². The van der Waals surface area contributed by atoms with Crippen LogP contribution in [0.5, 0.6) is 0 Å². The van der Waals surface area contributed by atoms with Crippen LogP contribution in [0.4, 0.5) is 17.6 Å². The lowest BCUT2D eigenvalue weighted by atomic mass is 10.1. The van der Waals surface area contributed by atoms with E-state index in [1.54, 1.807) is 0 Å². The molecule has 0 atom stereocenters. The molecule has 0 saturated carbocycles. The zero-order chi connectivity index (χ0) is 15.9. The highest BCUT2D eigenvalue weighted by Crippen LogP contribution is 2.26. The van der Waals surface area contributed by atoms with E-state index in [1.165, 1.54) is 13.8 Å². The largest absolute Gasteiger partial charge is 0.419 e. The van der Waals surface area contributed by atoms with Crippen molar-refractivity contribution >= 4 is 18.0 Å². The number of ether oxygens (including phenoxy) is 2. The average molecular weight is 304 g/mol. The van der Waals surface area contributed by atoms with Gasteiger partial charge in [0.05, 0.1) is 0 Å². The molecular weight excluding hydrogens is 296 g/mol. The number of cyclic esters (lactones) is 2. The van der Waals surface area contributed by atoms with Crippen molar-refractivity contribution < 1.29 is 36.6 Å². The molecule has 0 aliphatic carbocycles. The van der Waals surface area contributed by atoms with E-state index in [0.29, 0.717) is 12.1 Å². The van der Waals surface area contributed by atoms with Crippen molar-refractivity contribution in [3.05, 3.63) is 40.5 Å². The highest BCUT2D eigenvalue weighted by molar-refractivity contribution is 6.18. The number of halogens is 4. The minimum Gasteiger partial charge on any atom is -0.419 e. The Kier molecular flexibility index (Phi) is 3.48. The van der Waals surface area contributed by atoms with Crippen LogP contribution in [0.2, 0.25) is 0 Å². The van der Waals surface area contributed by atoms with E-state index in [4.69, 9.17) is 9.47 Å². The molecular formula is C13H8F4O4. The summed E-state index contributed by atoms with van der Waals surface area (Å²) in [5.41, 5.74) is -1.59. The summed E-state index contributed by atoms with van der Waals surface area (Å²) in [6.07, 6.45) is 0.529. The maximum Gasteiger partial charge on any atom is 0.348 e. The molecule has 1 saturated heterocycles. The van der Waals surface area contributed by atoms with Gasteiger partial charge in [-0.25, -0.2) is 27.2 Å². The molecule has 8 heteroatoms. The van der Waals surface area contributed by atoms with E-state index < -0.39 is 52.1 Å². The Bertz CT molecular complexity index is 657. The fourth-order valence-electron chi connectivity index (χ4n) is 1.63. The molecule has 4 nitrogen and oxygen atoms in total. The van der Waals surface area contributed by atoms with E-state index in [2.05, 4.69) is 0 Å². The Morgan fingerprint density at radius 3 is 2.00 bits per heavy atom. The second-order valence-electron chi connectivity index (χ2n) is 4.63. The van der Waals surface area contributed by atoms with Crippen LogP contribution in [0.15, 0.2) is 11.6 Å². The Balaban J connectivity index is 2.50. The van der Waals surface area contributed by atoms with Gasteiger partial charge >= 0.3 is 11.9 Å². The summed E-state index contributed by atoms with van der Waals surface area (Å²) in [5, 5.41) is 0. The summed E-state index contributed by atoms with van der Waals surface area (Å²) in [6.45, 7) is 2.58. The van der Waals surface area contributed by atoms with Gasteiger partial charge in [0, 0.05) is 19.4 Å². The highest BCUT2D eigenvalue weighted by atomic mass is 19.2. The molecule has 1 fully saturated rings. The van der Waals surface area contributed by atoms with Gasteiger partial charge in [-0.15, -0.1) is 0 Å². The molecule has 1 heterocycles. The molecule has 0 bridgehead atoms. The van der Waals surface area contributed by atoms with Crippen molar-refractivity contribution in [3.63, 3.8) is 0 Å². The maximum absolute atomic E-state index is 13.5. The third-order valence-corrected chi connectivity index (χ3v) is 2.55. The predicted octanol–water partition coefficient (Wildman–Crippen LogP) is 2.46. The van der Waals surface area contributed by atoms with Crippen LogP contribution < -0.4 is 0 Å². The molecule has 0 unspecified atom stereocenters. The molecule has 2 rings (SSSR count). The first kappa shape index (κ1) is 15.0.